The molecule has 0 unspecified atom stereocenters. The summed E-state index contributed by atoms with van der Waals surface area (Å²) in [6.45, 7) is 4.27. The van der Waals surface area contributed by atoms with Crippen molar-refractivity contribution < 1.29 is 4.79 Å². The molecule has 2 rings (SSSR count). The van der Waals surface area contributed by atoms with Crippen molar-refractivity contribution in [3.05, 3.63) is 45.9 Å². The van der Waals surface area contributed by atoms with Crippen LogP contribution in [0.3, 0.4) is 0 Å². The summed E-state index contributed by atoms with van der Waals surface area (Å²) in [5.41, 5.74) is 0.551. The van der Waals surface area contributed by atoms with Gasteiger partial charge in [0.15, 0.2) is 0 Å². The van der Waals surface area contributed by atoms with E-state index in [1.807, 2.05) is 11.0 Å². The molecule has 4 heteroatoms. The molecule has 1 saturated carbocycles. The van der Waals surface area contributed by atoms with Crippen LogP contribution in [0.1, 0.15) is 23.2 Å². The van der Waals surface area contributed by atoms with Crippen LogP contribution in [0.15, 0.2) is 35.3 Å². The number of hydrogen-bond acceptors (Lipinski definition) is 1. The minimum absolute atomic E-state index is 0.0151. The van der Waals surface area contributed by atoms with E-state index in [-0.39, 0.29) is 5.91 Å². The third-order valence-corrected chi connectivity index (χ3v) is 3.56. The molecule has 1 aliphatic rings. The van der Waals surface area contributed by atoms with Crippen molar-refractivity contribution in [3.8, 4) is 0 Å². The lowest BCUT2D eigenvalue weighted by molar-refractivity contribution is 0.0763. The van der Waals surface area contributed by atoms with E-state index in [9.17, 15) is 4.79 Å². The van der Waals surface area contributed by atoms with Gasteiger partial charge in [0, 0.05) is 17.1 Å². The monoisotopic (exact) mass is 313 g/mol. The van der Waals surface area contributed by atoms with Gasteiger partial charge in [0.25, 0.3) is 5.91 Å². The van der Waals surface area contributed by atoms with Gasteiger partial charge in [-0.1, -0.05) is 33.6 Å². The summed E-state index contributed by atoms with van der Waals surface area (Å²) in [5, 5.41) is 0.493. The summed E-state index contributed by atoms with van der Waals surface area (Å²) >= 11 is 9.42. The summed E-state index contributed by atoms with van der Waals surface area (Å²) in [7, 11) is 0. The first-order chi connectivity index (χ1) is 8.13. The van der Waals surface area contributed by atoms with Crippen LogP contribution in [-0.4, -0.2) is 23.4 Å². The Kier molecular flexibility index (Phi) is 3.89. The van der Waals surface area contributed by atoms with E-state index in [2.05, 4.69) is 22.5 Å². The molecular weight excluding hydrogens is 302 g/mol. The highest BCUT2D eigenvalue weighted by Gasteiger charge is 2.32. The first-order valence-corrected chi connectivity index (χ1v) is 6.67. The van der Waals surface area contributed by atoms with Gasteiger partial charge in [-0.25, -0.2) is 0 Å². The molecule has 0 atom stereocenters. The number of carbonyl (C=O) groups excluding carboxylic acids is 1. The minimum atomic E-state index is -0.0151. The standard InChI is InChI=1S/C13H13BrClNO/c1-2-7-16(10-4-5-10)13(17)11-8-9(14)3-6-12(11)15/h2-3,6,8,10H,1,4-5,7H2. The Bertz CT molecular complexity index is 457. The molecule has 0 aliphatic heterocycles. The molecule has 0 N–H and O–H groups in total. The third kappa shape index (κ3) is 2.90. The molecule has 90 valence electrons. The fourth-order valence-electron chi connectivity index (χ4n) is 1.74. The zero-order valence-electron chi connectivity index (χ0n) is 9.33. The second-order valence-corrected chi connectivity index (χ2v) is 5.42. The second kappa shape index (κ2) is 5.23. The van der Waals surface area contributed by atoms with Crippen LogP contribution in [-0.2, 0) is 0 Å². The largest absolute Gasteiger partial charge is 0.332 e. The van der Waals surface area contributed by atoms with Gasteiger partial charge in [-0.3, -0.25) is 4.79 Å². The topological polar surface area (TPSA) is 20.3 Å². The van der Waals surface area contributed by atoms with E-state index >= 15 is 0 Å². The summed E-state index contributed by atoms with van der Waals surface area (Å²) in [4.78, 5) is 14.2. The van der Waals surface area contributed by atoms with Gasteiger partial charge in [0.1, 0.15) is 0 Å². The number of amides is 1. The predicted octanol–water partition coefficient (Wildman–Crippen LogP) is 3.89. The Hall–Kier alpha value is -0.800. The van der Waals surface area contributed by atoms with E-state index in [1.54, 1.807) is 18.2 Å². The Labute approximate surface area is 114 Å². The zero-order chi connectivity index (χ0) is 12.4. The quantitative estimate of drug-likeness (QED) is 0.772. The maximum Gasteiger partial charge on any atom is 0.255 e. The molecule has 0 bridgehead atoms. The van der Waals surface area contributed by atoms with E-state index in [1.165, 1.54) is 0 Å². The second-order valence-electron chi connectivity index (χ2n) is 4.10. The maximum atomic E-state index is 12.4. The van der Waals surface area contributed by atoms with E-state index in [0.29, 0.717) is 23.2 Å². The van der Waals surface area contributed by atoms with Crippen LogP contribution < -0.4 is 0 Å². The smallest absolute Gasteiger partial charge is 0.255 e. The van der Waals surface area contributed by atoms with Gasteiger partial charge in [-0.05, 0) is 31.0 Å². The third-order valence-electron chi connectivity index (χ3n) is 2.73. The molecule has 1 aromatic carbocycles. The average Bonchev–Trinajstić information content (AvgIpc) is 3.12. The van der Waals surface area contributed by atoms with Crippen LogP contribution in [0.5, 0.6) is 0 Å². The maximum absolute atomic E-state index is 12.4. The molecule has 0 heterocycles. The Morgan fingerprint density at radius 2 is 2.29 bits per heavy atom. The number of nitrogens with zero attached hydrogens (tertiary/aromatic N) is 1. The van der Waals surface area contributed by atoms with Crippen molar-refractivity contribution in [2.75, 3.05) is 6.54 Å². The first-order valence-electron chi connectivity index (χ1n) is 5.50. The zero-order valence-corrected chi connectivity index (χ0v) is 11.7. The van der Waals surface area contributed by atoms with Crippen LogP contribution in [0.25, 0.3) is 0 Å². The highest BCUT2D eigenvalue weighted by Crippen LogP contribution is 2.30. The molecule has 0 spiro atoms. The first kappa shape index (κ1) is 12.7. The van der Waals surface area contributed by atoms with Gasteiger partial charge < -0.3 is 4.90 Å². The van der Waals surface area contributed by atoms with Crippen molar-refractivity contribution in [2.45, 2.75) is 18.9 Å². The van der Waals surface area contributed by atoms with Crippen molar-refractivity contribution in [2.24, 2.45) is 0 Å². The van der Waals surface area contributed by atoms with Crippen LogP contribution in [0.4, 0.5) is 0 Å². The summed E-state index contributed by atoms with van der Waals surface area (Å²) < 4.78 is 0.861. The van der Waals surface area contributed by atoms with Gasteiger partial charge in [-0.2, -0.15) is 0 Å². The fourth-order valence-corrected chi connectivity index (χ4v) is 2.30. The lowest BCUT2D eigenvalue weighted by Crippen LogP contribution is -2.33. The van der Waals surface area contributed by atoms with Crippen molar-refractivity contribution in [1.82, 2.24) is 4.90 Å². The molecule has 0 aromatic heterocycles. The molecule has 1 fully saturated rings. The van der Waals surface area contributed by atoms with Crippen LogP contribution in [0, 0.1) is 0 Å². The molecule has 0 radical (unpaired) electrons. The van der Waals surface area contributed by atoms with Gasteiger partial charge in [0.05, 0.1) is 10.6 Å². The highest BCUT2D eigenvalue weighted by molar-refractivity contribution is 9.10. The lowest BCUT2D eigenvalue weighted by Gasteiger charge is -2.21. The van der Waals surface area contributed by atoms with E-state index in [0.717, 1.165) is 17.3 Å². The number of halogens is 2. The fraction of sp³-hybridized carbons (Fsp3) is 0.308. The molecule has 1 aromatic rings. The van der Waals surface area contributed by atoms with Gasteiger partial charge >= 0.3 is 0 Å². The summed E-state index contributed by atoms with van der Waals surface area (Å²) in [6, 6.07) is 5.69. The summed E-state index contributed by atoms with van der Waals surface area (Å²) in [6.07, 6.45) is 3.90. The van der Waals surface area contributed by atoms with Gasteiger partial charge in [-0.15, -0.1) is 6.58 Å². The average molecular weight is 315 g/mol. The number of benzene rings is 1. The predicted molar refractivity (Wildman–Crippen MR) is 73.4 cm³/mol. The van der Waals surface area contributed by atoms with Crippen LogP contribution in [0.2, 0.25) is 5.02 Å². The van der Waals surface area contributed by atoms with E-state index in [4.69, 9.17) is 11.6 Å². The van der Waals surface area contributed by atoms with Gasteiger partial charge in [0.2, 0.25) is 0 Å². The Morgan fingerprint density at radius 1 is 1.59 bits per heavy atom. The van der Waals surface area contributed by atoms with Crippen molar-refractivity contribution in [1.29, 1.82) is 0 Å². The lowest BCUT2D eigenvalue weighted by atomic mass is 10.2. The molecule has 1 amide bonds. The molecule has 0 saturated heterocycles. The molecule has 1 aliphatic carbocycles. The molecule has 2 nitrogen and oxygen atoms in total. The molecule has 17 heavy (non-hydrogen) atoms. The van der Waals surface area contributed by atoms with Crippen molar-refractivity contribution in [3.63, 3.8) is 0 Å². The number of rotatable bonds is 4. The van der Waals surface area contributed by atoms with Crippen molar-refractivity contribution >= 4 is 33.4 Å². The van der Waals surface area contributed by atoms with E-state index < -0.39 is 0 Å². The van der Waals surface area contributed by atoms with Crippen LogP contribution >= 0.6 is 27.5 Å². The summed E-state index contributed by atoms with van der Waals surface area (Å²) in [5.74, 6) is -0.0151. The normalized spacial score (nSPS) is 14.5. The minimum Gasteiger partial charge on any atom is -0.332 e. The number of carbonyl (C=O) groups is 1. The SMILES string of the molecule is C=CCN(C(=O)c1cc(Br)ccc1Cl)C1CC1. The molecular formula is C13H13BrClNO. The Morgan fingerprint density at radius 3 is 2.88 bits per heavy atom. The highest BCUT2D eigenvalue weighted by atomic mass is 79.9. The number of hydrogen-bond donors (Lipinski definition) is 0. The Balaban J connectivity index is 2.27.